The van der Waals surface area contributed by atoms with Crippen molar-refractivity contribution in [3.05, 3.63) is 52.0 Å². The summed E-state index contributed by atoms with van der Waals surface area (Å²) >= 11 is 11.8. The Morgan fingerprint density at radius 3 is 2.77 bits per heavy atom. The molecule has 0 saturated heterocycles. The summed E-state index contributed by atoms with van der Waals surface area (Å²) in [5.41, 5.74) is 2.13. The molecule has 0 aromatic heterocycles. The van der Waals surface area contributed by atoms with E-state index in [1.807, 2.05) is 25.2 Å². The fourth-order valence-corrected chi connectivity index (χ4v) is 2.57. The van der Waals surface area contributed by atoms with Crippen molar-refractivity contribution >= 4 is 40.5 Å². The number of nitrogens with one attached hydrogen (secondary N) is 1. The summed E-state index contributed by atoms with van der Waals surface area (Å²) in [5, 5.41) is 3.60. The molecule has 1 N–H and O–H groups in total. The molecule has 1 aliphatic rings. The first-order valence-corrected chi connectivity index (χ1v) is 7.54. The van der Waals surface area contributed by atoms with Crippen LogP contribution in [0.1, 0.15) is 10.4 Å². The number of likely N-dealkylation sites (N-methyl/N-ethyl adjacent to an activating group) is 1. The standard InChI is InChI=1S/C16H14Cl2N2O2/c1-20-6-7-22-15-9-11(3-5-14(15)20)19-16(21)10-2-4-12(17)13(18)8-10/h2-5,8-9H,6-7H2,1H3,(H,19,21). The van der Waals surface area contributed by atoms with Gasteiger partial charge in [0.2, 0.25) is 0 Å². The lowest BCUT2D eigenvalue weighted by molar-refractivity contribution is 0.102. The summed E-state index contributed by atoms with van der Waals surface area (Å²) in [6, 6.07) is 10.4. The lowest BCUT2D eigenvalue weighted by Crippen LogP contribution is -2.28. The summed E-state index contributed by atoms with van der Waals surface area (Å²) in [7, 11) is 2.01. The third-order valence-corrected chi connectivity index (χ3v) is 4.23. The molecular formula is C16H14Cl2N2O2. The Kier molecular flexibility index (Phi) is 4.14. The number of benzene rings is 2. The number of hydrogen-bond donors (Lipinski definition) is 1. The summed E-state index contributed by atoms with van der Waals surface area (Å²) in [6.45, 7) is 1.48. The lowest BCUT2D eigenvalue weighted by Gasteiger charge is -2.27. The van der Waals surface area contributed by atoms with Crippen LogP contribution < -0.4 is 15.0 Å². The van der Waals surface area contributed by atoms with Gasteiger partial charge in [0.05, 0.1) is 22.3 Å². The van der Waals surface area contributed by atoms with E-state index in [0.29, 0.717) is 27.9 Å². The van der Waals surface area contributed by atoms with E-state index in [9.17, 15) is 4.79 Å². The zero-order chi connectivity index (χ0) is 15.7. The van der Waals surface area contributed by atoms with Crippen LogP contribution in [0.3, 0.4) is 0 Å². The maximum absolute atomic E-state index is 12.2. The van der Waals surface area contributed by atoms with Gasteiger partial charge in [-0.05, 0) is 30.3 Å². The molecule has 0 saturated carbocycles. The highest BCUT2D eigenvalue weighted by molar-refractivity contribution is 6.42. The van der Waals surface area contributed by atoms with Crippen molar-refractivity contribution in [2.75, 3.05) is 30.4 Å². The molecule has 0 atom stereocenters. The number of nitrogens with zero attached hydrogens (tertiary/aromatic N) is 1. The Bertz CT molecular complexity index is 734. The van der Waals surface area contributed by atoms with E-state index in [2.05, 4.69) is 10.2 Å². The van der Waals surface area contributed by atoms with Gasteiger partial charge in [-0.15, -0.1) is 0 Å². The van der Waals surface area contributed by atoms with Gasteiger partial charge >= 0.3 is 0 Å². The first kappa shape index (κ1) is 15.0. The van der Waals surface area contributed by atoms with E-state index in [4.69, 9.17) is 27.9 Å². The molecule has 2 aromatic rings. The highest BCUT2D eigenvalue weighted by Crippen LogP contribution is 2.33. The number of rotatable bonds is 2. The Morgan fingerprint density at radius 2 is 2.00 bits per heavy atom. The maximum Gasteiger partial charge on any atom is 0.255 e. The number of carbonyl (C=O) groups excluding carboxylic acids is 1. The molecule has 0 aliphatic carbocycles. The van der Waals surface area contributed by atoms with Gasteiger partial charge in [0, 0.05) is 24.4 Å². The summed E-state index contributed by atoms with van der Waals surface area (Å²) < 4.78 is 5.63. The first-order chi connectivity index (χ1) is 10.5. The fourth-order valence-electron chi connectivity index (χ4n) is 2.28. The van der Waals surface area contributed by atoms with E-state index in [0.717, 1.165) is 18.0 Å². The zero-order valence-electron chi connectivity index (χ0n) is 11.9. The maximum atomic E-state index is 12.2. The van der Waals surface area contributed by atoms with E-state index in [-0.39, 0.29) is 5.91 Å². The van der Waals surface area contributed by atoms with Crippen LogP contribution in [0.4, 0.5) is 11.4 Å². The van der Waals surface area contributed by atoms with E-state index >= 15 is 0 Å². The summed E-state index contributed by atoms with van der Waals surface area (Å²) in [4.78, 5) is 14.4. The number of fused-ring (bicyclic) bond motifs is 1. The van der Waals surface area contributed by atoms with Gasteiger partial charge in [-0.1, -0.05) is 23.2 Å². The molecule has 0 bridgehead atoms. The van der Waals surface area contributed by atoms with Crippen LogP contribution in [0.15, 0.2) is 36.4 Å². The Morgan fingerprint density at radius 1 is 1.18 bits per heavy atom. The van der Waals surface area contributed by atoms with Gasteiger partial charge < -0.3 is 15.0 Å². The third-order valence-electron chi connectivity index (χ3n) is 3.49. The second-order valence-electron chi connectivity index (χ2n) is 5.04. The fraction of sp³-hybridized carbons (Fsp3) is 0.188. The van der Waals surface area contributed by atoms with Crippen LogP contribution in [-0.2, 0) is 0 Å². The Balaban J connectivity index is 1.80. The molecule has 0 radical (unpaired) electrons. The van der Waals surface area contributed by atoms with Crippen LogP contribution >= 0.6 is 23.2 Å². The van der Waals surface area contributed by atoms with Crippen molar-refractivity contribution in [2.45, 2.75) is 0 Å². The largest absolute Gasteiger partial charge is 0.489 e. The average Bonchev–Trinajstić information content (AvgIpc) is 2.50. The highest BCUT2D eigenvalue weighted by atomic mass is 35.5. The number of halogens is 2. The van der Waals surface area contributed by atoms with Crippen molar-refractivity contribution in [3.8, 4) is 5.75 Å². The molecule has 4 nitrogen and oxygen atoms in total. The van der Waals surface area contributed by atoms with Crippen LogP contribution in [-0.4, -0.2) is 26.1 Å². The molecule has 0 unspecified atom stereocenters. The van der Waals surface area contributed by atoms with E-state index < -0.39 is 0 Å². The zero-order valence-corrected chi connectivity index (χ0v) is 13.4. The second kappa shape index (κ2) is 6.07. The number of anilines is 2. The summed E-state index contributed by atoms with van der Waals surface area (Å²) in [6.07, 6.45) is 0. The molecule has 1 heterocycles. The second-order valence-corrected chi connectivity index (χ2v) is 5.85. The molecule has 6 heteroatoms. The predicted octanol–water partition coefficient (Wildman–Crippen LogP) is 4.07. The quantitative estimate of drug-likeness (QED) is 0.898. The predicted molar refractivity (Wildman–Crippen MR) is 89.6 cm³/mol. The number of amides is 1. The van der Waals surface area contributed by atoms with Crippen molar-refractivity contribution in [1.29, 1.82) is 0 Å². The van der Waals surface area contributed by atoms with Gasteiger partial charge in [-0.2, -0.15) is 0 Å². The van der Waals surface area contributed by atoms with E-state index in [1.165, 1.54) is 0 Å². The average molecular weight is 337 g/mol. The van der Waals surface area contributed by atoms with Gasteiger partial charge in [0.1, 0.15) is 12.4 Å². The molecule has 2 aromatic carbocycles. The van der Waals surface area contributed by atoms with Gasteiger partial charge in [-0.25, -0.2) is 0 Å². The third kappa shape index (κ3) is 2.98. The minimum absolute atomic E-state index is 0.248. The Labute approximate surface area is 138 Å². The topological polar surface area (TPSA) is 41.6 Å². The van der Waals surface area contributed by atoms with Crippen LogP contribution in [0.25, 0.3) is 0 Å². The Hall–Kier alpha value is -1.91. The van der Waals surface area contributed by atoms with E-state index in [1.54, 1.807) is 18.2 Å². The van der Waals surface area contributed by atoms with Crippen molar-refractivity contribution in [1.82, 2.24) is 0 Å². The molecule has 0 spiro atoms. The van der Waals surface area contributed by atoms with Crippen LogP contribution in [0.5, 0.6) is 5.75 Å². The smallest absolute Gasteiger partial charge is 0.255 e. The number of ether oxygens (including phenoxy) is 1. The molecule has 0 fully saturated rings. The van der Waals surface area contributed by atoms with Gasteiger partial charge in [-0.3, -0.25) is 4.79 Å². The monoisotopic (exact) mass is 336 g/mol. The van der Waals surface area contributed by atoms with Gasteiger partial charge in [0.15, 0.2) is 0 Å². The molecule has 3 rings (SSSR count). The van der Waals surface area contributed by atoms with Crippen LogP contribution in [0.2, 0.25) is 10.0 Å². The highest BCUT2D eigenvalue weighted by Gasteiger charge is 2.16. The first-order valence-electron chi connectivity index (χ1n) is 6.79. The van der Waals surface area contributed by atoms with Crippen molar-refractivity contribution < 1.29 is 9.53 Å². The van der Waals surface area contributed by atoms with Crippen LogP contribution in [0, 0.1) is 0 Å². The number of carbonyl (C=O) groups is 1. The van der Waals surface area contributed by atoms with Crippen molar-refractivity contribution in [3.63, 3.8) is 0 Å². The molecular weight excluding hydrogens is 323 g/mol. The molecule has 22 heavy (non-hydrogen) atoms. The lowest BCUT2D eigenvalue weighted by atomic mass is 10.2. The minimum atomic E-state index is -0.248. The molecule has 1 aliphatic heterocycles. The minimum Gasteiger partial charge on any atom is -0.489 e. The normalized spacial score (nSPS) is 13.3. The molecule has 1 amide bonds. The molecule has 114 valence electrons. The summed E-state index contributed by atoms with van der Waals surface area (Å²) in [5.74, 6) is 0.517. The van der Waals surface area contributed by atoms with Gasteiger partial charge in [0.25, 0.3) is 5.91 Å². The SMILES string of the molecule is CN1CCOc2cc(NC(=O)c3ccc(Cl)c(Cl)c3)ccc21. The van der Waals surface area contributed by atoms with Crippen molar-refractivity contribution in [2.24, 2.45) is 0 Å². The number of hydrogen-bond acceptors (Lipinski definition) is 3.